The maximum atomic E-state index is 4.53. The summed E-state index contributed by atoms with van der Waals surface area (Å²) in [6, 6.07) is 10.4. The first-order valence-electron chi connectivity index (χ1n) is 8.02. The van der Waals surface area contributed by atoms with Crippen LogP contribution in [-0.4, -0.2) is 16.5 Å². The molecule has 0 bridgehead atoms. The second kappa shape index (κ2) is 7.78. The van der Waals surface area contributed by atoms with Gasteiger partial charge >= 0.3 is 0 Å². The lowest BCUT2D eigenvalue weighted by Crippen LogP contribution is -2.08. The number of anilines is 3. The van der Waals surface area contributed by atoms with E-state index in [4.69, 9.17) is 0 Å². The molecule has 2 N–H and O–H groups in total. The Morgan fingerprint density at radius 3 is 2.45 bits per heavy atom. The fourth-order valence-electron chi connectivity index (χ4n) is 2.16. The van der Waals surface area contributed by atoms with Gasteiger partial charge in [0.25, 0.3) is 0 Å². The Labute approximate surface area is 133 Å². The lowest BCUT2D eigenvalue weighted by atomic mass is 10.1. The molecule has 0 saturated carbocycles. The van der Waals surface area contributed by atoms with Crippen molar-refractivity contribution >= 4 is 17.5 Å². The van der Waals surface area contributed by atoms with Crippen molar-refractivity contribution in [3.63, 3.8) is 0 Å². The van der Waals surface area contributed by atoms with Crippen LogP contribution in [-0.2, 0) is 6.42 Å². The zero-order valence-corrected chi connectivity index (χ0v) is 14.0. The van der Waals surface area contributed by atoms with E-state index in [-0.39, 0.29) is 0 Å². The molecule has 4 nitrogen and oxygen atoms in total. The quantitative estimate of drug-likeness (QED) is 0.787. The van der Waals surface area contributed by atoms with Gasteiger partial charge in [-0.1, -0.05) is 32.9 Å². The third-order valence-corrected chi connectivity index (χ3v) is 3.50. The smallest absolute Gasteiger partial charge is 0.229 e. The minimum Gasteiger partial charge on any atom is -0.370 e. The van der Waals surface area contributed by atoms with Crippen LogP contribution in [0.5, 0.6) is 0 Å². The van der Waals surface area contributed by atoms with Crippen molar-refractivity contribution in [1.82, 2.24) is 9.97 Å². The van der Waals surface area contributed by atoms with Gasteiger partial charge in [-0.25, -0.2) is 4.98 Å². The largest absolute Gasteiger partial charge is 0.370 e. The molecule has 22 heavy (non-hydrogen) atoms. The first-order valence-corrected chi connectivity index (χ1v) is 8.02. The zero-order valence-electron chi connectivity index (χ0n) is 14.0. The molecule has 1 heterocycles. The molecular formula is C18H26N4. The van der Waals surface area contributed by atoms with E-state index in [9.17, 15) is 0 Å². The minimum atomic E-state index is 0.635. The molecule has 1 aromatic carbocycles. The molecule has 0 unspecified atom stereocenters. The fourth-order valence-corrected chi connectivity index (χ4v) is 2.16. The molecule has 0 spiro atoms. The van der Waals surface area contributed by atoms with Crippen LogP contribution in [0.25, 0.3) is 0 Å². The zero-order chi connectivity index (χ0) is 15.9. The van der Waals surface area contributed by atoms with E-state index in [1.165, 1.54) is 5.56 Å². The van der Waals surface area contributed by atoms with Crippen LogP contribution in [0.2, 0.25) is 0 Å². The predicted octanol–water partition coefficient (Wildman–Crippen LogP) is 4.55. The SMILES string of the molecule is CCc1ccc(Nc2nc(C)cc(NCCC(C)C)n2)cc1. The van der Waals surface area contributed by atoms with Crippen LogP contribution in [0.15, 0.2) is 30.3 Å². The normalized spacial score (nSPS) is 10.8. The number of nitrogens with zero attached hydrogens (tertiary/aromatic N) is 2. The minimum absolute atomic E-state index is 0.635. The Kier molecular flexibility index (Phi) is 5.75. The Balaban J connectivity index is 2.04. The fraction of sp³-hybridized carbons (Fsp3) is 0.444. The standard InChI is InChI=1S/C18H26N4/c1-5-15-6-8-16(9-7-15)21-18-20-14(4)12-17(22-18)19-11-10-13(2)3/h6-9,12-13H,5,10-11H2,1-4H3,(H2,19,20,21,22). The maximum absolute atomic E-state index is 4.53. The molecule has 1 aromatic heterocycles. The van der Waals surface area contributed by atoms with Crippen LogP contribution in [0.4, 0.5) is 17.5 Å². The number of aryl methyl sites for hydroxylation is 2. The first kappa shape index (κ1) is 16.3. The summed E-state index contributed by atoms with van der Waals surface area (Å²) in [5.74, 6) is 2.20. The molecule has 0 radical (unpaired) electrons. The number of hydrogen-bond donors (Lipinski definition) is 2. The number of benzene rings is 1. The third-order valence-electron chi connectivity index (χ3n) is 3.50. The van der Waals surface area contributed by atoms with E-state index in [2.05, 4.69) is 65.6 Å². The van der Waals surface area contributed by atoms with Crippen molar-refractivity contribution < 1.29 is 0 Å². The summed E-state index contributed by atoms with van der Waals surface area (Å²) < 4.78 is 0. The van der Waals surface area contributed by atoms with E-state index >= 15 is 0 Å². The van der Waals surface area contributed by atoms with E-state index in [0.717, 1.165) is 36.6 Å². The average Bonchev–Trinajstić information content (AvgIpc) is 2.47. The van der Waals surface area contributed by atoms with Gasteiger partial charge < -0.3 is 10.6 Å². The Morgan fingerprint density at radius 1 is 1.09 bits per heavy atom. The summed E-state index contributed by atoms with van der Waals surface area (Å²) >= 11 is 0. The number of rotatable bonds is 7. The van der Waals surface area contributed by atoms with Crippen LogP contribution in [0.1, 0.15) is 38.4 Å². The van der Waals surface area contributed by atoms with Crippen LogP contribution in [0.3, 0.4) is 0 Å². The Morgan fingerprint density at radius 2 is 1.82 bits per heavy atom. The molecule has 118 valence electrons. The average molecular weight is 298 g/mol. The van der Waals surface area contributed by atoms with Gasteiger partial charge in [-0.2, -0.15) is 4.98 Å². The van der Waals surface area contributed by atoms with Crippen molar-refractivity contribution in [2.24, 2.45) is 5.92 Å². The van der Waals surface area contributed by atoms with E-state index in [0.29, 0.717) is 11.9 Å². The highest BCUT2D eigenvalue weighted by molar-refractivity contribution is 5.55. The van der Waals surface area contributed by atoms with E-state index in [1.54, 1.807) is 0 Å². The van der Waals surface area contributed by atoms with Crippen molar-refractivity contribution in [1.29, 1.82) is 0 Å². The Bertz CT molecular complexity index is 591. The third kappa shape index (κ3) is 5.02. The lowest BCUT2D eigenvalue weighted by molar-refractivity contribution is 0.606. The van der Waals surface area contributed by atoms with E-state index in [1.807, 2.05) is 13.0 Å². The topological polar surface area (TPSA) is 49.8 Å². The van der Waals surface area contributed by atoms with Gasteiger partial charge in [-0.05, 0) is 43.4 Å². The molecule has 2 aromatic rings. The molecule has 0 aliphatic carbocycles. The molecule has 0 atom stereocenters. The Hall–Kier alpha value is -2.10. The second-order valence-electron chi connectivity index (χ2n) is 6.00. The van der Waals surface area contributed by atoms with Crippen molar-refractivity contribution in [2.45, 2.75) is 40.5 Å². The molecular weight excluding hydrogens is 272 g/mol. The number of aromatic nitrogens is 2. The summed E-state index contributed by atoms with van der Waals surface area (Å²) in [6.07, 6.45) is 2.18. The second-order valence-corrected chi connectivity index (χ2v) is 6.00. The molecule has 4 heteroatoms. The predicted molar refractivity (Wildman–Crippen MR) is 93.8 cm³/mol. The van der Waals surface area contributed by atoms with Gasteiger partial charge in [0.15, 0.2) is 0 Å². The van der Waals surface area contributed by atoms with Gasteiger partial charge in [0, 0.05) is 24.0 Å². The first-order chi connectivity index (χ1) is 10.6. The van der Waals surface area contributed by atoms with Gasteiger partial charge in [0.05, 0.1) is 0 Å². The van der Waals surface area contributed by atoms with Gasteiger partial charge in [0.2, 0.25) is 5.95 Å². The van der Waals surface area contributed by atoms with Crippen molar-refractivity contribution in [2.75, 3.05) is 17.2 Å². The summed E-state index contributed by atoms with van der Waals surface area (Å²) in [6.45, 7) is 9.51. The van der Waals surface area contributed by atoms with Crippen molar-refractivity contribution in [3.05, 3.63) is 41.6 Å². The van der Waals surface area contributed by atoms with Crippen LogP contribution in [0, 0.1) is 12.8 Å². The van der Waals surface area contributed by atoms with Crippen molar-refractivity contribution in [3.8, 4) is 0 Å². The summed E-state index contributed by atoms with van der Waals surface area (Å²) in [5, 5.41) is 6.64. The monoisotopic (exact) mass is 298 g/mol. The summed E-state index contributed by atoms with van der Waals surface area (Å²) in [7, 11) is 0. The summed E-state index contributed by atoms with van der Waals surface area (Å²) in [4.78, 5) is 8.99. The van der Waals surface area contributed by atoms with Gasteiger partial charge in [-0.15, -0.1) is 0 Å². The molecule has 0 amide bonds. The molecule has 0 saturated heterocycles. The van der Waals surface area contributed by atoms with E-state index < -0.39 is 0 Å². The maximum Gasteiger partial charge on any atom is 0.229 e. The highest BCUT2D eigenvalue weighted by Crippen LogP contribution is 2.17. The van der Waals surface area contributed by atoms with Crippen LogP contribution < -0.4 is 10.6 Å². The number of hydrogen-bond acceptors (Lipinski definition) is 4. The highest BCUT2D eigenvalue weighted by Gasteiger charge is 2.03. The molecule has 0 aliphatic rings. The van der Waals surface area contributed by atoms with Gasteiger partial charge in [-0.3, -0.25) is 0 Å². The van der Waals surface area contributed by atoms with Gasteiger partial charge in [0.1, 0.15) is 5.82 Å². The highest BCUT2D eigenvalue weighted by atomic mass is 15.1. The molecule has 0 fully saturated rings. The molecule has 2 rings (SSSR count). The lowest BCUT2D eigenvalue weighted by Gasteiger charge is -2.11. The number of nitrogens with one attached hydrogen (secondary N) is 2. The van der Waals surface area contributed by atoms with Crippen LogP contribution >= 0.6 is 0 Å². The summed E-state index contributed by atoms with van der Waals surface area (Å²) in [5.41, 5.74) is 3.29. The molecule has 0 aliphatic heterocycles.